The molecule has 4 heterocycles. The molecule has 1 aromatic carbocycles. The molecule has 1 fully saturated rings. The highest BCUT2D eigenvalue weighted by molar-refractivity contribution is 5.96. The van der Waals surface area contributed by atoms with Gasteiger partial charge in [0.15, 0.2) is 0 Å². The Hall–Kier alpha value is -4.00. The van der Waals surface area contributed by atoms with Crippen LogP contribution in [0.4, 0.5) is 11.5 Å². The van der Waals surface area contributed by atoms with Gasteiger partial charge in [-0.2, -0.15) is 5.10 Å². The van der Waals surface area contributed by atoms with Gasteiger partial charge < -0.3 is 10.2 Å². The highest BCUT2D eigenvalue weighted by Gasteiger charge is 2.31. The van der Waals surface area contributed by atoms with Gasteiger partial charge in [-0.1, -0.05) is 18.2 Å². The molecule has 0 radical (unpaired) electrons. The number of carbonyl (C=O) groups excluding carboxylic acids is 1. The fourth-order valence-corrected chi connectivity index (χ4v) is 4.21. The van der Waals surface area contributed by atoms with Crippen LogP contribution in [-0.4, -0.2) is 38.2 Å². The lowest BCUT2D eigenvalue weighted by molar-refractivity contribution is -0.117. The van der Waals surface area contributed by atoms with E-state index in [0.717, 1.165) is 47.5 Å². The van der Waals surface area contributed by atoms with E-state index in [1.807, 2.05) is 42.1 Å². The lowest BCUT2D eigenvalue weighted by atomic mass is 10.1. The Labute approximate surface area is 186 Å². The van der Waals surface area contributed by atoms with Crippen LogP contribution in [0.1, 0.15) is 12.8 Å². The molecule has 0 unspecified atom stereocenters. The molecular weight excluding hydrogens is 400 g/mol. The van der Waals surface area contributed by atoms with Gasteiger partial charge in [0.1, 0.15) is 11.9 Å². The van der Waals surface area contributed by atoms with Crippen LogP contribution >= 0.6 is 0 Å². The summed E-state index contributed by atoms with van der Waals surface area (Å²) in [5, 5.41) is 7.22. The summed E-state index contributed by atoms with van der Waals surface area (Å²) in [6.45, 7) is 0.858. The standard InChI is InChI=1S/C25H24N6O/c1-30-22(12-14-28-30)18-6-9-21(10-7-18)31-15-3-5-23(31)25(32)29-24-11-8-20(17-27-24)19-4-2-13-26-16-19/h2,4,6-14,16-17,23H,3,5,15H2,1H3,(H,27,29,32)/t23-/m0/s1. The maximum absolute atomic E-state index is 13.0. The van der Waals surface area contributed by atoms with E-state index in [2.05, 4.69) is 49.5 Å². The number of nitrogens with zero attached hydrogens (tertiary/aromatic N) is 5. The first kappa shape index (κ1) is 19.9. The van der Waals surface area contributed by atoms with Gasteiger partial charge in [0, 0.05) is 55.2 Å². The first-order valence-corrected chi connectivity index (χ1v) is 10.7. The van der Waals surface area contributed by atoms with Crippen LogP contribution in [0.3, 0.4) is 0 Å². The molecule has 1 aliphatic rings. The zero-order chi connectivity index (χ0) is 21.9. The van der Waals surface area contributed by atoms with E-state index in [-0.39, 0.29) is 11.9 Å². The molecule has 1 aliphatic heterocycles. The van der Waals surface area contributed by atoms with Gasteiger partial charge in [0.05, 0.1) is 5.69 Å². The lowest BCUT2D eigenvalue weighted by Crippen LogP contribution is -2.39. The Morgan fingerprint density at radius 3 is 2.47 bits per heavy atom. The summed E-state index contributed by atoms with van der Waals surface area (Å²) in [4.78, 5) is 23.8. The minimum absolute atomic E-state index is 0.0279. The van der Waals surface area contributed by atoms with E-state index < -0.39 is 0 Å². The first-order valence-electron chi connectivity index (χ1n) is 10.7. The molecule has 1 N–H and O–H groups in total. The fourth-order valence-electron chi connectivity index (χ4n) is 4.21. The summed E-state index contributed by atoms with van der Waals surface area (Å²) in [7, 11) is 1.93. The SMILES string of the molecule is Cn1nccc1-c1ccc(N2CCC[C@H]2C(=O)Nc2ccc(-c3cccnc3)cn2)cc1. The van der Waals surface area contributed by atoms with Crippen LogP contribution in [0.15, 0.2) is 79.4 Å². The molecule has 7 heteroatoms. The number of hydrogen-bond donors (Lipinski definition) is 1. The van der Waals surface area contributed by atoms with Gasteiger partial charge in [0.25, 0.3) is 0 Å². The summed E-state index contributed by atoms with van der Waals surface area (Å²) in [5.41, 5.74) is 5.18. The number of nitrogens with one attached hydrogen (secondary N) is 1. The van der Waals surface area contributed by atoms with E-state index in [4.69, 9.17) is 0 Å². The maximum Gasteiger partial charge on any atom is 0.248 e. The quantitative estimate of drug-likeness (QED) is 0.521. The molecule has 160 valence electrons. The fraction of sp³-hybridized carbons (Fsp3) is 0.200. The summed E-state index contributed by atoms with van der Waals surface area (Å²) >= 11 is 0. The highest BCUT2D eigenvalue weighted by Crippen LogP contribution is 2.29. The molecule has 1 atom stereocenters. The van der Waals surface area contributed by atoms with Crippen LogP contribution in [0.5, 0.6) is 0 Å². The molecule has 0 aliphatic carbocycles. The topological polar surface area (TPSA) is 75.9 Å². The van der Waals surface area contributed by atoms with Crippen molar-refractivity contribution in [2.75, 3.05) is 16.8 Å². The second kappa shape index (κ2) is 8.63. The Morgan fingerprint density at radius 2 is 1.78 bits per heavy atom. The van der Waals surface area contributed by atoms with E-state index in [1.54, 1.807) is 24.8 Å². The van der Waals surface area contributed by atoms with Crippen molar-refractivity contribution < 1.29 is 4.79 Å². The van der Waals surface area contributed by atoms with Crippen LogP contribution in [0, 0.1) is 0 Å². The van der Waals surface area contributed by atoms with Crippen molar-refractivity contribution in [3.8, 4) is 22.4 Å². The first-order chi connectivity index (χ1) is 15.7. The number of anilines is 2. The van der Waals surface area contributed by atoms with E-state index >= 15 is 0 Å². The number of aryl methyl sites for hydroxylation is 1. The van der Waals surface area contributed by atoms with Gasteiger partial charge in [-0.25, -0.2) is 4.98 Å². The van der Waals surface area contributed by atoms with Crippen molar-refractivity contribution in [1.82, 2.24) is 19.7 Å². The third-order valence-electron chi connectivity index (χ3n) is 5.88. The minimum Gasteiger partial charge on any atom is -0.360 e. The van der Waals surface area contributed by atoms with Crippen LogP contribution in [0.2, 0.25) is 0 Å². The number of aromatic nitrogens is 4. The molecule has 3 aromatic heterocycles. The molecule has 1 saturated heterocycles. The number of amides is 1. The molecule has 0 saturated carbocycles. The summed E-state index contributed by atoms with van der Waals surface area (Å²) < 4.78 is 1.85. The zero-order valence-corrected chi connectivity index (χ0v) is 17.8. The lowest BCUT2D eigenvalue weighted by Gasteiger charge is -2.26. The Bertz CT molecular complexity index is 1200. The summed E-state index contributed by atoms with van der Waals surface area (Å²) in [6, 6.07) is 17.8. The van der Waals surface area contributed by atoms with Gasteiger partial charge in [0.2, 0.25) is 5.91 Å². The van der Waals surface area contributed by atoms with Crippen molar-refractivity contribution in [3.05, 3.63) is 79.4 Å². The molecule has 5 rings (SSSR count). The maximum atomic E-state index is 13.0. The zero-order valence-electron chi connectivity index (χ0n) is 17.8. The normalized spacial score (nSPS) is 15.7. The number of pyridine rings is 2. The number of hydrogen-bond acceptors (Lipinski definition) is 5. The molecule has 4 aromatic rings. The smallest absolute Gasteiger partial charge is 0.248 e. The van der Waals surface area contributed by atoms with Gasteiger partial charge in [-0.05, 0) is 54.8 Å². The second-order valence-electron chi connectivity index (χ2n) is 7.90. The van der Waals surface area contributed by atoms with E-state index in [1.165, 1.54) is 0 Å². The Balaban J connectivity index is 1.28. The Morgan fingerprint density at radius 1 is 0.969 bits per heavy atom. The van der Waals surface area contributed by atoms with Crippen molar-refractivity contribution in [3.63, 3.8) is 0 Å². The number of rotatable bonds is 5. The molecular formula is C25H24N6O. The Kier molecular flexibility index (Phi) is 5.37. The molecule has 0 bridgehead atoms. The van der Waals surface area contributed by atoms with E-state index in [0.29, 0.717) is 5.82 Å². The second-order valence-corrected chi connectivity index (χ2v) is 7.90. The molecule has 0 spiro atoms. The third kappa shape index (κ3) is 3.97. The third-order valence-corrected chi connectivity index (χ3v) is 5.88. The average molecular weight is 425 g/mol. The predicted molar refractivity (Wildman–Crippen MR) is 125 cm³/mol. The van der Waals surface area contributed by atoms with Crippen molar-refractivity contribution in [2.45, 2.75) is 18.9 Å². The van der Waals surface area contributed by atoms with Crippen LogP contribution in [0.25, 0.3) is 22.4 Å². The predicted octanol–water partition coefficient (Wildman–Crippen LogP) is 4.15. The largest absolute Gasteiger partial charge is 0.360 e. The number of benzene rings is 1. The van der Waals surface area contributed by atoms with Crippen LogP contribution < -0.4 is 10.2 Å². The molecule has 7 nitrogen and oxygen atoms in total. The monoisotopic (exact) mass is 424 g/mol. The molecule has 1 amide bonds. The van der Waals surface area contributed by atoms with Crippen LogP contribution in [-0.2, 0) is 11.8 Å². The van der Waals surface area contributed by atoms with Crippen molar-refractivity contribution in [2.24, 2.45) is 7.05 Å². The highest BCUT2D eigenvalue weighted by atomic mass is 16.2. The average Bonchev–Trinajstić information content (AvgIpc) is 3.50. The number of carbonyl (C=O) groups is 1. The van der Waals surface area contributed by atoms with Gasteiger partial charge in [-0.15, -0.1) is 0 Å². The van der Waals surface area contributed by atoms with Crippen molar-refractivity contribution in [1.29, 1.82) is 0 Å². The molecule has 32 heavy (non-hydrogen) atoms. The van der Waals surface area contributed by atoms with E-state index in [9.17, 15) is 4.79 Å². The summed E-state index contributed by atoms with van der Waals surface area (Å²) in [5.74, 6) is 0.529. The minimum atomic E-state index is -0.211. The summed E-state index contributed by atoms with van der Waals surface area (Å²) in [6.07, 6.45) is 8.90. The van der Waals surface area contributed by atoms with Crippen molar-refractivity contribution >= 4 is 17.4 Å². The van der Waals surface area contributed by atoms with Gasteiger partial charge >= 0.3 is 0 Å². The van der Waals surface area contributed by atoms with Gasteiger partial charge in [-0.3, -0.25) is 14.5 Å².